The van der Waals surface area contributed by atoms with Crippen LogP contribution in [0.3, 0.4) is 0 Å². The lowest BCUT2D eigenvalue weighted by Gasteiger charge is -2.17. The van der Waals surface area contributed by atoms with Crippen LogP contribution >= 0.6 is 0 Å². The van der Waals surface area contributed by atoms with E-state index in [4.69, 9.17) is 0 Å². The number of amides is 1. The van der Waals surface area contributed by atoms with Crippen molar-refractivity contribution in [3.63, 3.8) is 0 Å². The molecule has 0 saturated carbocycles. The van der Waals surface area contributed by atoms with Gasteiger partial charge in [0.2, 0.25) is 0 Å². The lowest BCUT2D eigenvalue weighted by atomic mass is 10.1. The summed E-state index contributed by atoms with van der Waals surface area (Å²) in [6.07, 6.45) is 0. The summed E-state index contributed by atoms with van der Waals surface area (Å²) in [6, 6.07) is 6.00. The first-order valence-corrected chi connectivity index (χ1v) is 5.35. The Labute approximate surface area is 101 Å². The Morgan fingerprint density at radius 1 is 1.29 bits per heavy atom. The number of carbonyl (C=O) groups excluding carboxylic acids is 2. The largest absolute Gasteiger partial charge is 0.462 e. The fraction of sp³-hybridized carbons (Fsp3) is 0.385. The monoisotopic (exact) mass is 235 g/mol. The van der Waals surface area contributed by atoms with Gasteiger partial charge in [0.1, 0.15) is 0 Å². The summed E-state index contributed by atoms with van der Waals surface area (Å²) in [5, 5.41) is 0. The molecule has 1 aromatic carbocycles. The molecule has 0 spiro atoms. The van der Waals surface area contributed by atoms with Crippen LogP contribution in [0.25, 0.3) is 0 Å². The molecule has 1 aromatic rings. The van der Waals surface area contributed by atoms with E-state index >= 15 is 0 Å². The molecule has 0 atom stereocenters. The van der Waals surface area contributed by atoms with Crippen LogP contribution in [-0.4, -0.2) is 30.9 Å². The minimum absolute atomic E-state index is 0.403. The zero-order valence-electron chi connectivity index (χ0n) is 10.6. The quantitative estimate of drug-likeness (QED) is 0.575. The van der Waals surface area contributed by atoms with Crippen LogP contribution in [-0.2, 0) is 20.9 Å². The number of rotatable bonds is 2. The summed E-state index contributed by atoms with van der Waals surface area (Å²) < 4.78 is 4.39. The van der Waals surface area contributed by atoms with Gasteiger partial charge in [-0.1, -0.05) is 23.8 Å². The zero-order chi connectivity index (χ0) is 13.0. The first-order valence-electron chi connectivity index (χ1n) is 5.35. The molecule has 0 aromatic heterocycles. The Balaban J connectivity index is 2.77. The summed E-state index contributed by atoms with van der Waals surface area (Å²) in [5.74, 6) is -1.47. The van der Waals surface area contributed by atoms with Crippen molar-refractivity contribution in [1.82, 2.24) is 4.90 Å². The minimum Gasteiger partial charge on any atom is -0.462 e. The van der Waals surface area contributed by atoms with Crippen LogP contribution in [0.15, 0.2) is 18.2 Å². The average Bonchev–Trinajstić information content (AvgIpc) is 2.30. The van der Waals surface area contributed by atoms with Crippen molar-refractivity contribution >= 4 is 11.9 Å². The summed E-state index contributed by atoms with van der Waals surface area (Å²) in [4.78, 5) is 23.9. The van der Waals surface area contributed by atoms with Gasteiger partial charge in [-0.2, -0.15) is 0 Å². The fourth-order valence-corrected chi connectivity index (χ4v) is 1.59. The van der Waals surface area contributed by atoms with E-state index in [0.717, 1.165) is 11.1 Å². The molecule has 0 heterocycles. The molecular formula is C13H17NO3. The standard InChI is InChI=1S/C13H17NO3/c1-9-5-6-11(10(2)7-9)8-14(3)12(15)13(16)17-4/h5-7H,8H2,1-4H3. The number of nitrogens with zero attached hydrogens (tertiary/aromatic N) is 1. The molecule has 0 saturated heterocycles. The van der Waals surface area contributed by atoms with E-state index in [-0.39, 0.29) is 0 Å². The van der Waals surface area contributed by atoms with Gasteiger partial charge < -0.3 is 9.64 Å². The smallest absolute Gasteiger partial charge is 0.396 e. The second-order valence-electron chi connectivity index (χ2n) is 4.08. The van der Waals surface area contributed by atoms with Crippen molar-refractivity contribution < 1.29 is 14.3 Å². The summed E-state index contributed by atoms with van der Waals surface area (Å²) in [7, 11) is 2.78. The minimum atomic E-state index is -0.836. The lowest BCUT2D eigenvalue weighted by molar-refractivity contribution is -0.157. The van der Waals surface area contributed by atoms with Crippen LogP contribution < -0.4 is 0 Å². The van der Waals surface area contributed by atoms with E-state index in [9.17, 15) is 9.59 Å². The van der Waals surface area contributed by atoms with Crippen LogP contribution in [0.4, 0.5) is 0 Å². The van der Waals surface area contributed by atoms with Gasteiger partial charge in [-0.3, -0.25) is 4.79 Å². The van der Waals surface area contributed by atoms with Crippen molar-refractivity contribution in [1.29, 1.82) is 0 Å². The highest BCUT2D eigenvalue weighted by Crippen LogP contribution is 2.12. The third-order valence-corrected chi connectivity index (χ3v) is 2.61. The van der Waals surface area contributed by atoms with Gasteiger partial charge in [-0.15, -0.1) is 0 Å². The van der Waals surface area contributed by atoms with Gasteiger partial charge in [0.25, 0.3) is 0 Å². The van der Waals surface area contributed by atoms with Crippen LogP contribution in [0.5, 0.6) is 0 Å². The molecule has 4 nitrogen and oxygen atoms in total. The number of esters is 1. The van der Waals surface area contributed by atoms with E-state index in [1.165, 1.54) is 17.6 Å². The van der Waals surface area contributed by atoms with E-state index in [1.807, 2.05) is 32.0 Å². The molecule has 0 radical (unpaired) electrons. The normalized spacial score (nSPS) is 9.88. The Kier molecular flexibility index (Phi) is 4.26. The van der Waals surface area contributed by atoms with Gasteiger partial charge in [0.05, 0.1) is 7.11 Å². The SMILES string of the molecule is COC(=O)C(=O)N(C)Cc1ccc(C)cc1C. The third kappa shape index (κ3) is 3.31. The number of benzene rings is 1. The summed E-state index contributed by atoms with van der Waals surface area (Å²) in [5.41, 5.74) is 3.30. The van der Waals surface area contributed by atoms with E-state index in [2.05, 4.69) is 4.74 Å². The molecule has 92 valence electrons. The highest BCUT2D eigenvalue weighted by Gasteiger charge is 2.19. The number of carbonyl (C=O) groups is 2. The summed E-state index contributed by atoms with van der Waals surface area (Å²) >= 11 is 0. The van der Waals surface area contributed by atoms with Gasteiger partial charge >= 0.3 is 11.9 Å². The van der Waals surface area contributed by atoms with Gasteiger partial charge in [0.15, 0.2) is 0 Å². The second kappa shape index (κ2) is 5.48. The van der Waals surface area contributed by atoms with Crippen molar-refractivity contribution in [2.45, 2.75) is 20.4 Å². The number of methoxy groups -OCH3 is 1. The molecule has 4 heteroatoms. The topological polar surface area (TPSA) is 46.6 Å². The molecule has 0 fully saturated rings. The van der Waals surface area contributed by atoms with Crippen molar-refractivity contribution in [2.24, 2.45) is 0 Å². The maximum absolute atomic E-state index is 11.5. The van der Waals surface area contributed by atoms with Gasteiger partial charge in [0, 0.05) is 13.6 Å². The number of ether oxygens (including phenoxy) is 1. The Bertz CT molecular complexity index is 440. The van der Waals surface area contributed by atoms with E-state index in [0.29, 0.717) is 6.54 Å². The average molecular weight is 235 g/mol. The van der Waals surface area contributed by atoms with Crippen LogP contribution in [0.2, 0.25) is 0 Å². The molecule has 0 bridgehead atoms. The molecule has 0 aliphatic rings. The fourth-order valence-electron chi connectivity index (χ4n) is 1.59. The maximum Gasteiger partial charge on any atom is 0.396 e. The maximum atomic E-state index is 11.5. The van der Waals surface area contributed by atoms with Crippen molar-refractivity contribution in [3.05, 3.63) is 34.9 Å². The highest BCUT2D eigenvalue weighted by atomic mass is 16.5. The van der Waals surface area contributed by atoms with Crippen LogP contribution in [0.1, 0.15) is 16.7 Å². The second-order valence-corrected chi connectivity index (χ2v) is 4.08. The molecule has 0 aliphatic carbocycles. The van der Waals surface area contributed by atoms with Gasteiger partial charge in [-0.25, -0.2) is 4.79 Å². The number of hydrogen-bond acceptors (Lipinski definition) is 3. The Morgan fingerprint density at radius 2 is 1.94 bits per heavy atom. The molecule has 1 amide bonds. The molecule has 0 N–H and O–H groups in total. The zero-order valence-corrected chi connectivity index (χ0v) is 10.6. The van der Waals surface area contributed by atoms with Crippen molar-refractivity contribution in [3.8, 4) is 0 Å². The Hall–Kier alpha value is -1.84. The molecule has 0 unspecified atom stereocenters. The summed E-state index contributed by atoms with van der Waals surface area (Å²) in [6.45, 7) is 4.40. The van der Waals surface area contributed by atoms with Crippen molar-refractivity contribution in [2.75, 3.05) is 14.2 Å². The molecule has 17 heavy (non-hydrogen) atoms. The molecule has 1 rings (SSSR count). The van der Waals surface area contributed by atoms with Gasteiger partial charge in [-0.05, 0) is 25.0 Å². The van der Waals surface area contributed by atoms with E-state index in [1.54, 1.807) is 7.05 Å². The van der Waals surface area contributed by atoms with Crippen LogP contribution in [0, 0.1) is 13.8 Å². The number of likely N-dealkylation sites (N-methyl/N-ethyl adjacent to an activating group) is 1. The first kappa shape index (κ1) is 13.2. The predicted octanol–water partition coefficient (Wildman–Crippen LogP) is 1.43. The number of aryl methyl sites for hydroxylation is 2. The molecule has 0 aliphatic heterocycles. The number of hydrogen-bond donors (Lipinski definition) is 0. The predicted molar refractivity (Wildman–Crippen MR) is 64.4 cm³/mol. The third-order valence-electron chi connectivity index (χ3n) is 2.61. The Morgan fingerprint density at radius 3 is 2.47 bits per heavy atom. The first-order chi connectivity index (χ1) is 7.95. The highest BCUT2D eigenvalue weighted by molar-refractivity contribution is 6.32. The van der Waals surface area contributed by atoms with E-state index < -0.39 is 11.9 Å². The lowest BCUT2D eigenvalue weighted by Crippen LogP contribution is -2.33. The molecular weight excluding hydrogens is 218 g/mol.